The van der Waals surface area contributed by atoms with Crippen LogP contribution >= 0.6 is 0 Å². The van der Waals surface area contributed by atoms with E-state index in [0.29, 0.717) is 23.2 Å². The van der Waals surface area contributed by atoms with Gasteiger partial charge in [0.05, 0.1) is 14.2 Å². The minimum absolute atomic E-state index is 0.172. The Balaban J connectivity index is 1.80. The predicted molar refractivity (Wildman–Crippen MR) is 114 cm³/mol. The van der Waals surface area contributed by atoms with Crippen LogP contribution in [0.3, 0.4) is 0 Å². The van der Waals surface area contributed by atoms with Crippen LogP contribution in [-0.2, 0) is 4.79 Å². The first-order valence-electron chi connectivity index (χ1n) is 9.56. The summed E-state index contributed by atoms with van der Waals surface area (Å²) in [6, 6.07) is 12.7. The van der Waals surface area contributed by atoms with Gasteiger partial charge in [0, 0.05) is 23.0 Å². The maximum absolute atomic E-state index is 13.4. The third-order valence-corrected chi connectivity index (χ3v) is 5.30. The van der Waals surface area contributed by atoms with Gasteiger partial charge in [-0.25, -0.2) is 9.67 Å². The number of aromatic nitrogens is 3. The number of hydrogen-bond acceptors (Lipinski definition) is 6. The third kappa shape index (κ3) is 3.41. The molecule has 1 aliphatic heterocycles. The molecule has 2 unspecified atom stereocenters. The summed E-state index contributed by atoms with van der Waals surface area (Å²) in [6.07, 6.45) is 1.44. The summed E-state index contributed by atoms with van der Waals surface area (Å²) < 4.78 is 12.6. The quantitative estimate of drug-likeness (QED) is 0.701. The average molecular weight is 405 g/mol. The molecular weight excluding hydrogens is 382 g/mol. The molecule has 0 radical (unpaired) electrons. The van der Waals surface area contributed by atoms with Gasteiger partial charge in [-0.1, -0.05) is 18.2 Å². The van der Waals surface area contributed by atoms with Gasteiger partial charge < -0.3 is 14.8 Å². The van der Waals surface area contributed by atoms with Gasteiger partial charge in [0.1, 0.15) is 29.8 Å². The number of amides is 1. The predicted octanol–water partition coefficient (Wildman–Crippen LogP) is 3.55. The fourth-order valence-corrected chi connectivity index (χ4v) is 3.75. The van der Waals surface area contributed by atoms with Crippen molar-refractivity contribution in [2.75, 3.05) is 19.5 Å². The SMILES string of the molecule is COc1ccc(C2C(C(=O)Nc3ccccc3C)C(C)=Nc3ncnn32)c(OC)c1. The smallest absolute Gasteiger partial charge is 0.248 e. The van der Waals surface area contributed by atoms with Crippen LogP contribution in [0.4, 0.5) is 11.6 Å². The van der Waals surface area contributed by atoms with Crippen LogP contribution in [0, 0.1) is 12.8 Å². The number of aliphatic imine (C=N–C) groups is 1. The fraction of sp³-hybridized carbons (Fsp3) is 0.273. The van der Waals surface area contributed by atoms with Crippen LogP contribution in [0.25, 0.3) is 0 Å². The summed E-state index contributed by atoms with van der Waals surface area (Å²) in [5, 5.41) is 7.40. The van der Waals surface area contributed by atoms with Crippen LogP contribution < -0.4 is 14.8 Å². The standard InChI is InChI=1S/C22H23N5O3/c1-13-7-5-6-8-17(13)26-21(28)19-14(2)25-22-23-12-24-27(22)20(19)16-10-9-15(29-3)11-18(16)30-4/h5-12,19-20H,1-4H3,(H,26,28). The molecule has 154 valence electrons. The van der Waals surface area contributed by atoms with Crippen molar-refractivity contribution in [3.8, 4) is 11.5 Å². The summed E-state index contributed by atoms with van der Waals surface area (Å²) in [5.41, 5.74) is 3.20. The maximum Gasteiger partial charge on any atom is 0.248 e. The largest absolute Gasteiger partial charge is 0.497 e. The number of carbonyl (C=O) groups is 1. The Labute approximate surface area is 174 Å². The van der Waals surface area contributed by atoms with Crippen LogP contribution in [-0.4, -0.2) is 40.6 Å². The Morgan fingerprint density at radius 3 is 2.63 bits per heavy atom. The second-order valence-corrected chi connectivity index (χ2v) is 7.09. The monoisotopic (exact) mass is 405 g/mol. The van der Waals surface area contributed by atoms with Gasteiger partial charge in [0.2, 0.25) is 11.9 Å². The first-order chi connectivity index (χ1) is 14.5. The topological polar surface area (TPSA) is 90.6 Å². The van der Waals surface area contributed by atoms with Crippen molar-refractivity contribution >= 4 is 23.3 Å². The summed E-state index contributed by atoms with van der Waals surface area (Å²) in [7, 11) is 3.19. The molecule has 1 N–H and O–H groups in total. The number of anilines is 1. The van der Waals surface area contributed by atoms with Crippen molar-refractivity contribution < 1.29 is 14.3 Å². The summed E-state index contributed by atoms with van der Waals surface area (Å²) in [5.74, 6) is 0.951. The number of fused-ring (bicyclic) bond motifs is 1. The molecule has 0 spiro atoms. The minimum atomic E-state index is -0.596. The van der Waals surface area contributed by atoms with E-state index < -0.39 is 12.0 Å². The third-order valence-electron chi connectivity index (χ3n) is 5.30. The Kier molecular flexibility index (Phi) is 5.22. The Morgan fingerprint density at radius 1 is 1.10 bits per heavy atom. The molecule has 1 aliphatic rings. The fourth-order valence-electron chi connectivity index (χ4n) is 3.75. The van der Waals surface area contributed by atoms with Gasteiger partial charge in [0.15, 0.2) is 0 Å². The zero-order valence-electron chi connectivity index (χ0n) is 17.3. The van der Waals surface area contributed by atoms with Crippen molar-refractivity contribution in [1.29, 1.82) is 0 Å². The molecule has 2 aromatic carbocycles. The van der Waals surface area contributed by atoms with Crippen LogP contribution in [0.2, 0.25) is 0 Å². The van der Waals surface area contributed by atoms with Gasteiger partial charge in [-0.3, -0.25) is 4.79 Å². The van der Waals surface area contributed by atoms with E-state index in [1.807, 2.05) is 50.2 Å². The lowest BCUT2D eigenvalue weighted by atomic mass is 9.87. The maximum atomic E-state index is 13.4. The molecule has 2 atom stereocenters. The number of rotatable bonds is 5. The van der Waals surface area contributed by atoms with Crippen molar-refractivity contribution in [1.82, 2.24) is 14.8 Å². The molecule has 4 rings (SSSR count). The molecule has 30 heavy (non-hydrogen) atoms. The molecule has 0 fully saturated rings. The number of carbonyl (C=O) groups excluding carboxylic acids is 1. The zero-order chi connectivity index (χ0) is 21.3. The molecule has 0 saturated carbocycles. The Bertz CT molecular complexity index is 1120. The minimum Gasteiger partial charge on any atom is -0.497 e. The molecule has 8 nitrogen and oxygen atoms in total. The van der Waals surface area contributed by atoms with E-state index in [1.165, 1.54) is 6.33 Å². The van der Waals surface area contributed by atoms with E-state index in [0.717, 1.165) is 16.8 Å². The first kappa shape index (κ1) is 19.6. The second kappa shape index (κ2) is 7.98. The lowest BCUT2D eigenvalue weighted by molar-refractivity contribution is -0.118. The highest BCUT2D eigenvalue weighted by Gasteiger charge is 2.40. The number of aryl methyl sites for hydroxylation is 1. The van der Waals surface area contributed by atoms with Crippen LogP contribution in [0.15, 0.2) is 53.8 Å². The number of methoxy groups -OCH3 is 2. The van der Waals surface area contributed by atoms with Gasteiger partial charge in [0.25, 0.3) is 0 Å². The molecule has 0 saturated heterocycles. The van der Waals surface area contributed by atoms with E-state index in [-0.39, 0.29) is 5.91 Å². The van der Waals surface area contributed by atoms with E-state index in [9.17, 15) is 4.79 Å². The van der Waals surface area contributed by atoms with Crippen LogP contribution in [0.5, 0.6) is 11.5 Å². The molecule has 2 heterocycles. The van der Waals surface area contributed by atoms with E-state index >= 15 is 0 Å². The zero-order valence-corrected chi connectivity index (χ0v) is 17.3. The Hall–Kier alpha value is -3.68. The van der Waals surface area contributed by atoms with Crippen molar-refractivity contribution in [3.05, 3.63) is 59.9 Å². The lowest BCUT2D eigenvalue weighted by Gasteiger charge is -2.31. The normalized spacial score (nSPS) is 17.7. The van der Waals surface area contributed by atoms with E-state index in [2.05, 4.69) is 20.4 Å². The second-order valence-electron chi connectivity index (χ2n) is 7.09. The number of ether oxygens (including phenoxy) is 2. The number of hydrogen-bond donors (Lipinski definition) is 1. The summed E-state index contributed by atoms with van der Waals surface area (Å²) >= 11 is 0. The number of nitrogens with zero attached hydrogens (tertiary/aromatic N) is 4. The van der Waals surface area contributed by atoms with Crippen molar-refractivity contribution in [2.45, 2.75) is 19.9 Å². The molecular formula is C22H23N5O3. The summed E-state index contributed by atoms with van der Waals surface area (Å²) in [4.78, 5) is 22.2. The Morgan fingerprint density at radius 2 is 1.90 bits per heavy atom. The van der Waals surface area contributed by atoms with E-state index in [4.69, 9.17) is 9.47 Å². The van der Waals surface area contributed by atoms with Gasteiger partial charge >= 0.3 is 0 Å². The summed E-state index contributed by atoms with van der Waals surface area (Å²) in [6.45, 7) is 3.79. The lowest BCUT2D eigenvalue weighted by Crippen LogP contribution is -2.39. The molecule has 8 heteroatoms. The molecule has 0 aliphatic carbocycles. The van der Waals surface area contributed by atoms with Crippen LogP contribution in [0.1, 0.15) is 24.1 Å². The number of benzene rings is 2. The number of nitrogens with one attached hydrogen (secondary N) is 1. The molecule has 1 amide bonds. The first-order valence-corrected chi connectivity index (χ1v) is 9.56. The molecule has 0 bridgehead atoms. The van der Waals surface area contributed by atoms with Crippen molar-refractivity contribution in [2.24, 2.45) is 10.9 Å². The highest BCUT2D eigenvalue weighted by molar-refractivity contribution is 6.10. The van der Waals surface area contributed by atoms with Gasteiger partial charge in [-0.05, 0) is 37.6 Å². The van der Waals surface area contributed by atoms with Crippen molar-refractivity contribution in [3.63, 3.8) is 0 Å². The molecule has 3 aromatic rings. The molecule has 1 aromatic heterocycles. The van der Waals surface area contributed by atoms with Gasteiger partial charge in [-0.15, -0.1) is 0 Å². The average Bonchev–Trinajstić information content (AvgIpc) is 3.21. The van der Waals surface area contributed by atoms with Gasteiger partial charge in [-0.2, -0.15) is 10.1 Å². The highest BCUT2D eigenvalue weighted by Crippen LogP contribution is 2.40. The number of para-hydroxylation sites is 1. The van der Waals surface area contributed by atoms with E-state index in [1.54, 1.807) is 25.0 Å². The highest BCUT2D eigenvalue weighted by atomic mass is 16.5.